The van der Waals surface area contributed by atoms with Gasteiger partial charge in [-0.05, 0) is 57.7 Å². The molecule has 1 aliphatic rings. The number of benzene rings is 1. The van der Waals surface area contributed by atoms with Gasteiger partial charge in [-0.25, -0.2) is 26.3 Å². The minimum Gasteiger partial charge on any atom is -0.259 e. The van der Waals surface area contributed by atoms with Crippen molar-refractivity contribution < 1.29 is 34.8 Å². The van der Waals surface area contributed by atoms with Gasteiger partial charge in [0.1, 0.15) is 16.4 Å². The van der Waals surface area contributed by atoms with Crippen molar-refractivity contribution in [3.63, 3.8) is 0 Å². The lowest BCUT2D eigenvalue weighted by Crippen LogP contribution is -2.31. The normalized spacial score (nSPS) is 15.8. The van der Waals surface area contributed by atoms with E-state index in [1.54, 1.807) is 20.8 Å². The SMILES string of the molecule is CC(C)(C)n1ncc([C@H](NS(=O)(=O)c2ccc(C(F)(F)F)nc2)C2CC2)c1-c1cc(F)c(F)cc1F. The maximum absolute atomic E-state index is 14.9. The summed E-state index contributed by atoms with van der Waals surface area (Å²) in [4.78, 5) is 2.71. The number of sulfonamides is 1. The first-order chi connectivity index (χ1) is 16.6. The first kappa shape index (κ1) is 26.1. The Morgan fingerprint density at radius 2 is 1.64 bits per heavy atom. The molecule has 0 spiro atoms. The van der Waals surface area contributed by atoms with Crippen molar-refractivity contribution in [2.75, 3.05) is 0 Å². The fourth-order valence-electron chi connectivity index (χ4n) is 3.86. The Labute approximate surface area is 203 Å². The number of halogens is 6. The minimum absolute atomic E-state index is 0.0593. The summed E-state index contributed by atoms with van der Waals surface area (Å²) >= 11 is 0. The highest BCUT2D eigenvalue weighted by molar-refractivity contribution is 7.89. The smallest absolute Gasteiger partial charge is 0.259 e. The third-order valence-corrected chi connectivity index (χ3v) is 7.17. The van der Waals surface area contributed by atoms with Gasteiger partial charge in [0.2, 0.25) is 10.0 Å². The molecule has 2 aromatic heterocycles. The lowest BCUT2D eigenvalue weighted by molar-refractivity contribution is -0.141. The third-order valence-electron chi connectivity index (χ3n) is 5.75. The molecule has 1 saturated carbocycles. The van der Waals surface area contributed by atoms with Crippen LogP contribution in [-0.4, -0.2) is 23.2 Å². The number of alkyl halides is 3. The maximum Gasteiger partial charge on any atom is 0.433 e. The predicted molar refractivity (Wildman–Crippen MR) is 118 cm³/mol. The molecule has 0 amide bonds. The van der Waals surface area contributed by atoms with E-state index in [1.807, 2.05) is 0 Å². The Morgan fingerprint density at radius 3 is 2.17 bits per heavy atom. The summed E-state index contributed by atoms with van der Waals surface area (Å²) in [5, 5.41) is 4.29. The third kappa shape index (κ3) is 5.12. The second kappa shape index (κ2) is 8.87. The molecule has 0 saturated heterocycles. The van der Waals surface area contributed by atoms with E-state index in [4.69, 9.17) is 0 Å². The van der Waals surface area contributed by atoms with Gasteiger partial charge in [-0.3, -0.25) is 9.67 Å². The number of aromatic nitrogens is 3. The van der Waals surface area contributed by atoms with E-state index >= 15 is 0 Å². The second-order valence-electron chi connectivity index (χ2n) is 9.59. The minimum atomic E-state index is -4.74. The molecule has 0 radical (unpaired) electrons. The van der Waals surface area contributed by atoms with E-state index in [0.29, 0.717) is 37.2 Å². The number of rotatable bonds is 6. The molecule has 13 heteroatoms. The molecule has 1 N–H and O–H groups in total. The molecule has 3 aromatic rings. The molecule has 0 bridgehead atoms. The van der Waals surface area contributed by atoms with Crippen molar-refractivity contribution in [3.8, 4) is 11.3 Å². The lowest BCUT2D eigenvalue weighted by atomic mass is 9.97. The van der Waals surface area contributed by atoms with E-state index < -0.39 is 55.8 Å². The van der Waals surface area contributed by atoms with Crippen LogP contribution >= 0.6 is 0 Å². The van der Waals surface area contributed by atoms with Gasteiger partial charge in [0.25, 0.3) is 0 Å². The van der Waals surface area contributed by atoms with E-state index in [2.05, 4.69) is 14.8 Å². The molecule has 4 rings (SSSR count). The zero-order valence-corrected chi connectivity index (χ0v) is 20.2. The topological polar surface area (TPSA) is 76.9 Å². The van der Waals surface area contributed by atoms with Gasteiger partial charge in [-0.2, -0.15) is 18.3 Å². The fourth-order valence-corrected chi connectivity index (χ4v) is 5.08. The van der Waals surface area contributed by atoms with Gasteiger partial charge in [-0.15, -0.1) is 0 Å². The first-order valence-electron chi connectivity index (χ1n) is 10.9. The first-order valence-corrected chi connectivity index (χ1v) is 12.4. The second-order valence-corrected chi connectivity index (χ2v) is 11.3. The highest BCUT2D eigenvalue weighted by Gasteiger charge is 2.40. The highest BCUT2D eigenvalue weighted by atomic mass is 32.2. The summed E-state index contributed by atoms with van der Waals surface area (Å²) in [6, 6.07) is 1.47. The zero-order chi connectivity index (χ0) is 26.6. The van der Waals surface area contributed by atoms with E-state index in [1.165, 1.54) is 10.9 Å². The number of nitrogens with zero attached hydrogens (tertiary/aromatic N) is 3. The van der Waals surface area contributed by atoms with Crippen LogP contribution in [0.4, 0.5) is 26.3 Å². The predicted octanol–water partition coefficient (Wildman–Crippen LogP) is 5.57. The molecule has 36 heavy (non-hydrogen) atoms. The van der Waals surface area contributed by atoms with Crippen molar-refractivity contribution in [1.82, 2.24) is 19.5 Å². The van der Waals surface area contributed by atoms with E-state index in [0.717, 1.165) is 6.07 Å². The van der Waals surface area contributed by atoms with Crippen molar-refractivity contribution in [3.05, 3.63) is 65.4 Å². The van der Waals surface area contributed by atoms with Crippen LogP contribution in [0.25, 0.3) is 11.3 Å². The summed E-state index contributed by atoms with van der Waals surface area (Å²) in [6.45, 7) is 5.24. The molecule has 2 heterocycles. The Morgan fingerprint density at radius 1 is 1.00 bits per heavy atom. The van der Waals surface area contributed by atoms with E-state index in [9.17, 15) is 34.8 Å². The number of nitrogens with one attached hydrogen (secondary N) is 1. The van der Waals surface area contributed by atoms with E-state index in [-0.39, 0.29) is 22.7 Å². The summed E-state index contributed by atoms with van der Waals surface area (Å²) in [7, 11) is -4.37. The fraction of sp³-hybridized carbons (Fsp3) is 0.391. The molecule has 0 aliphatic heterocycles. The van der Waals surface area contributed by atoms with Gasteiger partial charge in [0.15, 0.2) is 11.6 Å². The number of hydrogen-bond acceptors (Lipinski definition) is 4. The summed E-state index contributed by atoms with van der Waals surface area (Å²) in [5.41, 5.74) is -2.03. The molecule has 194 valence electrons. The maximum atomic E-state index is 14.9. The Hall–Kier alpha value is -2.93. The van der Waals surface area contributed by atoms with Gasteiger partial charge in [0.05, 0.1) is 23.5 Å². The summed E-state index contributed by atoms with van der Waals surface area (Å²) in [5.74, 6) is -3.97. The average molecular weight is 533 g/mol. The Bertz CT molecular complexity index is 1390. The van der Waals surface area contributed by atoms with Gasteiger partial charge < -0.3 is 0 Å². The van der Waals surface area contributed by atoms with Crippen LogP contribution in [-0.2, 0) is 21.7 Å². The zero-order valence-electron chi connectivity index (χ0n) is 19.4. The van der Waals surface area contributed by atoms with Crippen LogP contribution in [0.15, 0.2) is 41.6 Å². The van der Waals surface area contributed by atoms with Crippen molar-refractivity contribution in [2.45, 2.75) is 56.3 Å². The molecule has 6 nitrogen and oxygen atoms in total. The van der Waals surface area contributed by atoms with Crippen LogP contribution in [0.3, 0.4) is 0 Å². The highest BCUT2D eigenvalue weighted by Crippen LogP contribution is 2.45. The molecular formula is C23H22F6N4O2S. The summed E-state index contributed by atoms with van der Waals surface area (Å²) in [6.07, 6.45) is -1.59. The van der Waals surface area contributed by atoms with Crippen LogP contribution in [0.5, 0.6) is 0 Å². The monoisotopic (exact) mass is 532 g/mol. The standard InChI is InChI=1S/C23H22F6N4O2S/c1-22(2,3)33-21(14-8-17(25)18(26)9-16(14)24)15(11-31-33)20(12-4-5-12)32-36(34,35)13-6-7-19(30-10-13)23(27,28)29/h6-12,20,32H,4-5H2,1-3H3/t20-/m1/s1. The van der Waals surface area contributed by atoms with Crippen molar-refractivity contribution in [2.24, 2.45) is 5.92 Å². The van der Waals surface area contributed by atoms with Crippen LogP contribution in [0, 0.1) is 23.4 Å². The lowest BCUT2D eigenvalue weighted by Gasteiger charge is -2.25. The van der Waals surface area contributed by atoms with Gasteiger partial charge >= 0.3 is 6.18 Å². The quantitative estimate of drug-likeness (QED) is 0.333. The number of hydrogen-bond donors (Lipinski definition) is 1. The molecule has 0 unspecified atom stereocenters. The Balaban J connectivity index is 1.81. The van der Waals surface area contributed by atoms with Crippen molar-refractivity contribution >= 4 is 10.0 Å². The van der Waals surface area contributed by atoms with Crippen LogP contribution < -0.4 is 4.72 Å². The molecule has 1 fully saturated rings. The largest absolute Gasteiger partial charge is 0.433 e. The van der Waals surface area contributed by atoms with Gasteiger partial charge in [-0.1, -0.05) is 0 Å². The van der Waals surface area contributed by atoms with Crippen LogP contribution in [0.2, 0.25) is 0 Å². The molecule has 1 aliphatic carbocycles. The van der Waals surface area contributed by atoms with Gasteiger partial charge in [0, 0.05) is 23.4 Å². The molecular weight excluding hydrogens is 510 g/mol. The average Bonchev–Trinajstić information content (AvgIpc) is 3.51. The molecule has 1 aromatic carbocycles. The Kier molecular flexibility index (Phi) is 6.44. The number of pyridine rings is 1. The van der Waals surface area contributed by atoms with Crippen molar-refractivity contribution in [1.29, 1.82) is 0 Å². The van der Waals surface area contributed by atoms with Crippen LogP contribution in [0.1, 0.15) is 50.9 Å². The summed E-state index contributed by atoms with van der Waals surface area (Å²) < 4.78 is 111. The molecule has 1 atom stereocenters.